The van der Waals surface area contributed by atoms with Crippen LogP contribution in [0.3, 0.4) is 0 Å². The molecule has 1 atom stereocenters. The van der Waals surface area contributed by atoms with Crippen molar-refractivity contribution in [3.8, 4) is 6.07 Å². The molecule has 0 aromatic carbocycles. The molecule has 0 aliphatic carbocycles. The minimum atomic E-state index is -0.528. The van der Waals surface area contributed by atoms with Gasteiger partial charge < -0.3 is 10.4 Å². The van der Waals surface area contributed by atoms with Crippen LogP contribution in [0.15, 0.2) is 12.1 Å². The quantitative estimate of drug-likeness (QED) is 0.856. The van der Waals surface area contributed by atoms with Crippen LogP contribution < -0.4 is 5.32 Å². The molecule has 1 aromatic heterocycles. The third-order valence-corrected chi connectivity index (χ3v) is 4.83. The standard InChI is InChI=1S/C11H14N2OS2/c12-5-9-1-2-10(16-9)6-13-7-11(14)3-4-15-8-11/h1-2,13-14H,3-4,6-8H2. The number of nitrogens with zero attached hydrogens (tertiary/aromatic N) is 1. The SMILES string of the molecule is N#Cc1ccc(CNCC2(O)CCSC2)s1. The zero-order valence-corrected chi connectivity index (χ0v) is 10.5. The second-order valence-electron chi connectivity index (χ2n) is 4.01. The summed E-state index contributed by atoms with van der Waals surface area (Å²) in [5.74, 6) is 1.88. The van der Waals surface area contributed by atoms with Gasteiger partial charge in [0.25, 0.3) is 0 Å². The van der Waals surface area contributed by atoms with Crippen LogP contribution >= 0.6 is 23.1 Å². The molecule has 5 heteroatoms. The van der Waals surface area contributed by atoms with Crippen LogP contribution in [-0.2, 0) is 6.54 Å². The van der Waals surface area contributed by atoms with Crippen LogP contribution in [0.25, 0.3) is 0 Å². The minimum absolute atomic E-state index is 0.528. The zero-order valence-electron chi connectivity index (χ0n) is 8.90. The lowest BCUT2D eigenvalue weighted by Gasteiger charge is -2.21. The fraction of sp³-hybridized carbons (Fsp3) is 0.545. The summed E-state index contributed by atoms with van der Waals surface area (Å²) in [6.45, 7) is 1.37. The molecule has 0 bridgehead atoms. The molecular weight excluding hydrogens is 240 g/mol. The van der Waals surface area contributed by atoms with Crippen molar-refractivity contribution in [3.05, 3.63) is 21.9 Å². The van der Waals surface area contributed by atoms with E-state index in [1.54, 1.807) is 11.8 Å². The summed E-state index contributed by atoms with van der Waals surface area (Å²) in [7, 11) is 0. The highest BCUT2D eigenvalue weighted by molar-refractivity contribution is 7.99. The van der Waals surface area contributed by atoms with Crippen molar-refractivity contribution in [2.75, 3.05) is 18.1 Å². The Balaban J connectivity index is 1.77. The lowest BCUT2D eigenvalue weighted by atomic mass is 10.0. The first-order valence-corrected chi connectivity index (χ1v) is 7.19. The Morgan fingerprint density at radius 2 is 2.44 bits per heavy atom. The van der Waals surface area contributed by atoms with Crippen LogP contribution in [0.4, 0.5) is 0 Å². The third kappa shape index (κ3) is 2.98. The highest BCUT2D eigenvalue weighted by Gasteiger charge is 2.30. The van der Waals surface area contributed by atoms with E-state index in [0.29, 0.717) is 6.54 Å². The first-order valence-electron chi connectivity index (χ1n) is 5.21. The Kier molecular flexibility index (Phi) is 3.87. The van der Waals surface area contributed by atoms with E-state index in [-0.39, 0.29) is 0 Å². The monoisotopic (exact) mass is 254 g/mol. The zero-order chi connectivity index (χ0) is 11.4. The highest BCUT2D eigenvalue weighted by atomic mass is 32.2. The smallest absolute Gasteiger partial charge is 0.110 e. The van der Waals surface area contributed by atoms with Crippen molar-refractivity contribution >= 4 is 23.1 Å². The van der Waals surface area contributed by atoms with E-state index in [2.05, 4.69) is 11.4 Å². The number of thiophene rings is 1. The topological polar surface area (TPSA) is 56.0 Å². The average molecular weight is 254 g/mol. The molecular formula is C11H14N2OS2. The summed E-state index contributed by atoms with van der Waals surface area (Å²) in [5.41, 5.74) is -0.528. The van der Waals surface area contributed by atoms with Crippen molar-refractivity contribution in [1.29, 1.82) is 5.26 Å². The molecule has 3 nitrogen and oxygen atoms in total. The van der Waals surface area contributed by atoms with Gasteiger partial charge in [-0.1, -0.05) is 0 Å². The number of aliphatic hydroxyl groups is 1. The third-order valence-electron chi connectivity index (χ3n) is 2.61. The van der Waals surface area contributed by atoms with Crippen LogP contribution in [-0.4, -0.2) is 28.8 Å². The van der Waals surface area contributed by atoms with Gasteiger partial charge in [0.15, 0.2) is 0 Å². The summed E-state index contributed by atoms with van der Waals surface area (Å²) in [6, 6.07) is 5.92. The van der Waals surface area contributed by atoms with E-state index in [4.69, 9.17) is 5.26 Å². The molecule has 2 N–H and O–H groups in total. The Hall–Kier alpha value is -0.540. The molecule has 0 amide bonds. The molecule has 0 spiro atoms. The number of hydrogen-bond donors (Lipinski definition) is 2. The Morgan fingerprint density at radius 1 is 1.56 bits per heavy atom. The van der Waals surface area contributed by atoms with Gasteiger partial charge in [0.2, 0.25) is 0 Å². The molecule has 0 saturated carbocycles. The van der Waals surface area contributed by atoms with Crippen LogP contribution in [0.1, 0.15) is 16.2 Å². The van der Waals surface area contributed by atoms with E-state index >= 15 is 0 Å². The maximum atomic E-state index is 10.1. The number of thioether (sulfide) groups is 1. The van der Waals surface area contributed by atoms with E-state index < -0.39 is 5.60 Å². The minimum Gasteiger partial charge on any atom is -0.388 e. The van der Waals surface area contributed by atoms with Gasteiger partial charge in [0.05, 0.1) is 5.60 Å². The molecule has 2 rings (SSSR count). The maximum absolute atomic E-state index is 10.1. The Bertz CT molecular complexity index is 391. The molecule has 0 radical (unpaired) electrons. The predicted molar refractivity (Wildman–Crippen MR) is 67.6 cm³/mol. The molecule has 1 aliphatic rings. The first-order chi connectivity index (χ1) is 7.72. The Morgan fingerprint density at radius 3 is 3.06 bits per heavy atom. The maximum Gasteiger partial charge on any atom is 0.110 e. The summed E-state index contributed by atoms with van der Waals surface area (Å²) in [6.07, 6.45) is 0.874. The predicted octanol–water partition coefficient (Wildman–Crippen LogP) is 1.58. The number of nitriles is 1. The van der Waals surface area contributed by atoms with Crippen molar-refractivity contribution < 1.29 is 5.11 Å². The average Bonchev–Trinajstić information content (AvgIpc) is 2.88. The van der Waals surface area contributed by atoms with Crippen molar-refractivity contribution in [2.45, 2.75) is 18.6 Å². The van der Waals surface area contributed by atoms with E-state index in [0.717, 1.165) is 34.2 Å². The van der Waals surface area contributed by atoms with Gasteiger partial charge in [-0.3, -0.25) is 0 Å². The van der Waals surface area contributed by atoms with E-state index in [9.17, 15) is 5.11 Å². The fourth-order valence-corrected chi connectivity index (χ4v) is 3.76. The van der Waals surface area contributed by atoms with E-state index in [1.165, 1.54) is 11.3 Å². The first kappa shape index (κ1) is 11.9. The largest absolute Gasteiger partial charge is 0.388 e. The molecule has 1 aliphatic heterocycles. The summed E-state index contributed by atoms with van der Waals surface area (Å²) >= 11 is 3.31. The van der Waals surface area contributed by atoms with Gasteiger partial charge in [0, 0.05) is 23.7 Å². The molecule has 1 unspecified atom stereocenters. The molecule has 1 saturated heterocycles. The van der Waals surface area contributed by atoms with Gasteiger partial charge in [-0.15, -0.1) is 11.3 Å². The molecule has 16 heavy (non-hydrogen) atoms. The molecule has 1 aromatic rings. The molecule has 1 fully saturated rings. The van der Waals surface area contributed by atoms with Gasteiger partial charge in [0.1, 0.15) is 10.9 Å². The number of rotatable bonds is 4. The lowest BCUT2D eigenvalue weighted by Crippen LogP contribution is -2.40. The number of hydrogen-bond acceptors (Lipinski definition) is 5. The van der Waals surface area contributed by atoms with Crippen LogP contribution in [0.2, 0.25) is 0 Å². The fourth-order valence-electron chi connectivity index (χ4n) is 1.69. The van der Waals surface area contributed by atoms with E-state index in [1.807, 2.05) is 12.1 Å². The van der Waals surface area contributed by atoms with Crippen molar-refractivity contribution in [2.24, 2.45) is 0 Å². The normalized spacial score (nSPS) is 24.5. The van der Waals surface area contributed by atoms with Gasteiger partial charge >= 0.3 is 0 Å². The molecule has 86 valence electrons. The second-order valence-corrected chi connectivity index (χ2v) is 6.28. The van der Waals surface area contributed by atoms with Gasteiger partial charge in [-0.05, 0) is 24.3 Å². The van der Waals surface area contributed by atoms with Gasteiger partial charge in [-0.25, -0.2) is 0 Å². The highest BCUT2D eigenvalue weighted by Crippen LogP contribution is 2.27. The van der Waals surface area contributed by atoms with Crippen LogP contribution in [0.5, 0.6) is 0 Å². The Labute approximate surface area is 103 Å². The summed E-state index contributed by atoms with van der Waals surface area (Å²) in [5, 5.41) is 22.0. The van der Waals surface area contributed by atoms with Crippen molar-refractivity contribution in [1.82, 2.24) is 5.32 Å². The lowest BCUT2D eigenvalue weighted by molar-refractivity contribution is 0.0675. The summed E-state index contributed by atoms with van der Waals surface area (Å²) < 4.78 is 0. The summed E-state index contributed by atoms with van der Waals surface area (Å²) in [4.78, 5) is 1.89. The van der Waals surface area contributed by atoms with Crippen molar-refractivity contribution in [3.63, 3.8) is 0 Å². The van der Waals surface area contributed by atoms with Crippen LogP contribution in [0, 0.1) is 11.3 Å². The molecule has 2 heterocycles. The van der Waals surface area contributed by atoms with Gasteiger partial charge in [-0.2, -0.15) is 17.0 Å². The number of nitrogens with one attached hydrogen (secondary N) is 1. The second kappa shape index (κ2) is 5.19.